The number of pyridine rings is 1. The Morgan fingerprint density at radius 3 is 3.00 bits per heavy atom. The van der Waals surface area contributed by atoms with Gasteiger partial charge in [-0.3, -0.25) is 4.79 Å². The van der Waals surface area contributed by atoms with Crippen LogP contribution < -0.4 is 5.32 Å². The fourth-order valence-electron chi connectivity index (χ4n) is 1.99. The van der Waals surface area contributed by atoms with Crippen molar-refractivity contribution in [3.05, 3.63) is 24.2 Å². The SMILES string of the molecule is CC1(C)C[C@@H]1NC(=O)c1ccnc2nc[nH]c12. The molecule has 0 aromatic carbocycles. The Labute approximate surface area is 98.7 Å². The first-order valence-corrected chi connectivity index (χ1v) is 5.67. The van der Waals surface area contributed by atoms with Crippen molar-refractivity contribution >= 4 is 17.1 Å². The highest BCUT2D eigenvalue weighted by Gasteiger charge is 2.46. The van der Waals surface area contributed by atoms with Crippen LogP contribution in [0.15, 0.2) is 18.6 Å². The molecule has 1 atom stereocenters. The van der Waals surface area contributed by atoms with Gasteiger partial charge in [0, 0.05) is 12.2 Å². The first-order valence-electron chi connectivity index (χ1n) is 5.67. The summed E-state index contributed by atoms with van der Waals surface area (Å²) in [7, 11) is 0. The third-order valence-electron chi connectivity index (χ3n) is 3.39. The van der Waals surface area contributed by atoms with Gasteiger partial charge in [-0.2, -0.15) is 0 Å². The lowest BCUT2D eigenvalue weighted by atomic mass is 10.2. The van der Waals surface area contributed by atoms with Crippen LogP contribution in [0.1, 0.15) is 30.6 Å². The maximum atomic E-state index is 12.1. The van der Waals surface area contributed by atoms with E-state index in [1.165, 1.54) is 0 Å². The summed E-state index contributed by atoms with van der Waals surface area (Å²) < 4.78 is 0. The van der Waals surface area contributed by atoms with Crippen molar-refractivity contribution in [3.63, 3.8) is 0 Å². The second-order valence-corrected chi connectivity index (χ2v) is 5.18. The molecular formula is C12H14N4O. The second kappa shape index (κ2) is 3.29. The van der Waals surface area contributed by atoms with E-state index in [1.54, 1.807) is 18.6 Å². The first-order chi connectivity index (χ1) is 8.08. The maximum absolute atomic E-state index is 12.1. The van der Waals surface area contributed by atoms with Crippen LogP contribution >= 0.6 is 0 Å². The van der Waals surface area contributed by atoms with Gasteiger partial charge in [0.1, 0.15) is 0 Å². The van der Waals surface area contributed by atoms with Crippen LogP contribution in [0.3, 0.4) is 0 Å². The Kier molecular flexibility index (Phi) is 1.98. The largest absolute Gasteiger partial charge is 0.349 e. The summed E-state index contributed by atoms with van der Waals surface area (Å²) in [6, 6.07) is 1.99. The minimum atomic E-state index is -0.0581. The van der Waals surface area contributed by atoms with E-state index in [0.29, 0.717) is 16.7 Å². The van der Waals surface area contributed by atoms with Gasteiger partial charge in [-0.1, -0.05) is 13.8 Å². The fraction of sp³-hybridized carbons (Fsp3) is 0.417. The number of imidazole rings is 1. The van der Waals surface area contributed by atoms with Crippen molar-refractivity contribution in [1.82, 2.24) is 20.3 Å². The predicted octanol–water partition coefficient (Wildman–Crippen LogP) is 1.49. The Morgan fingerprint density at radius 2 is 2.29 bits per heavy atom. The summed E-state index contributed by atoms with van der Waals surface area (Å²) >= 11 is 0. The number of aromatic amines is 1. The summed E-state index contributed by atoms with van der Waals surface area (Å²) in [5.41, 5.74) is 2.11. The van der Waals surface area contributed by atoms with E-state index in [1.807, 2.05) is 0 Å². The zero-order valence-electron chi connectivity index (χ0n) is 9.82. The van der Waals surface area contributed by atoms with Crippen molar-refractivity contribution in [2.45, 2.75) is 26.3 Å². The lowest BCUT2D eigenvalue weighted by Crippen LogP contribution is -2.28. The van der Waals surface area contributed by atoms with Gasteiger partial charge < -0.3 is 10.3 Å². The van der Waals surface area contributed by atoms with Crippen LogP contribution in [0.5, 0.6) is 0 Å². The highest BCUT2D eigenvalue weighted by molar-refractivity contribution is 6.04. The topological polar surface area (TPSA) is 70.7 Å². The summed E-state index contributed by atoms with van der Waals surface area (Å²) in [6.45, 7) is 4.30. The standard InChI is InChI=1S/C12H14N4O/c1-12(2)5-8(12)16-11(17)7-3-4-13-10-9(7)14-6-15-10/h3-4,6,8H,5H2,1-2H3,(H,16,17)(H,13,14,15)/t8-/m0/s1. The normalized spacial score (nSPS) is 21.4. The summed E-state index contributed by atoms with van der Waals surface area (Å²) in [6.07, 6.45) is 4.20. The average molecular weight is 230 g/mol. The van der Waals surface area contributed by atoms with E-state index in [0.717, 1.165) is 6.42 Å². The second-order valence-electron chi connectivity index (χ2n) is 5.18. The molecule has 1 saturated carbocycles. The number of nitrogens with zero attached hydrogens (tertiary/aromatic N) is 2. The summed E-state index contributed by atoms with van der Waals surface area (Å²) in [5, 5.41) is 3.03. The van der Waals surface area contributed by atoms with Gasteiger partial charge in [0.2, 0.25) is 0 Å². The molecule has 0 bridgehead atoms. The van der Waals surface area contributed by atoms with Crippen molar-refractivity contribution in [2.24, 2.45) is 5.41 Å². The van der Waals surface area contributed by atoms with Gasteiger partial charge >= 0.3 is 0 Å². The van der Waals surface area contributed by atoms with Crippen LogP contribution in [0, 0.1) is 5.41 Å². The number of aromatic nitrogens is 3. The molecule has 0 unspecified atom stereocenters. The molecule has 2 N–H and O–H groups in total. The molecule has 1 aliphatic carbocycles. The molecule has 5 heteroatoms. The lowest BCUT2D eigenvalue weighted by molar-refractivity contribution is 0.0948. The molecule has 2 heterocycles. The Balaban J connectivity index is 1.88. The van der Waals surface area contributed by atoms with Crippen LogP contribution in [0.4, 0.5) is 0 Å². The van der Waals surface area contributed by atoms with Crippen molar-refractivity contribution in [3.8, 4) is 0 Å². The van der Waals surface area contributed by atoms with E-state index in [-0.39, 0.29) is 17.4 Å². The molecule has 88 valence electrons. The molecule has 1 aliphatic rings. The third kappa shape index (κ3) is 1.67. The number of fused-ring (bicyclic) bond motifs is 1. The van der Waals surface area contributed by atoms with E-state index in [4.69, 9.17) is 0 Å². The maximum Gasteiger partial charge on any atom is 0.253 e. The molecule has 0 spiro atoms. The van der Waals surface area contributed by atoms with Gasteiger partial charge in [-0.15, -0.1) is 0 Å². The molecule has 1 amide bonds. The van der Waals surface area contributed by atoms with E-state index in [2.05, 4.69) is 34.1 Å². The summed E-state index contributed by atoms with van der Waals surface area (Å²) in [5.74, 6) is -0.0581. The minimum Gasteiger partial charge on any atom is -0.349 e. The van der Waals surface area contributed by atoms with Crippen molar-refractivity contribution in [2.75, 3.05) is 0 Å². The number of carbonyl (C=O) groups is 1. The zero-order valence-corrected chi connectivity index (χ0v) is 9.82. The number of nitrogens with one attached hydrogen (secondary N) is 2. The predicted molar refractivity (Wildman–Crippen MR) is 63.5 cm³/mol. The van der Waals surface area contributed by atoms with Crippen LogP contribution in [-0.2, 0) is 0 Å². The molecule has 0 radical (unpaired) electrons. The third-order valence-corrected chi connectivity index (χ3v) is 3.39. The first kappa shape index (κ1) is 10.3. The molecule has 2 aromatic rings. The van der Waals surface area contributed by atoms with E-state index >= 15 is 0 Å². The fourth-order valence-corrected chi connectivity index (χ4v) is 1.99. The van der Waals surface area contributed by atoms with Gasteiger partial charge in [-0.05, 0) is 17.9 Å². The minimum absolute atomic E-state index is 0.0581. The molecule has 2 aromatic heterocycles. The van der Waals surface area contributed by atoms with E-state index < -0.39 is 0 Å². The highest BCUT2D eigenvalue weighted by Crippen LogP contribution is 2.44. The molecule has 1 fully saturated rings. The number of H-pyrrole nitrogens is 1. The Morgan fingerprint density at radius 1 is 1.53 bits per heavy atom. The molecule has 0 saturated heterocycles. The zero-order chi connectivity index (χ0) is 12.0. The van der Waals surface area contributed by atoms with Crippen molar-refractivity contribution < 1.29 is 4.79 Å². The van der Waals surface area contributed by atoms with Gasteiger partial charge in [-0.25, -0.2) is 9.97 Å². The van der Waals surface area contributed by atoms with Crippen LogP contribution in [0.25, 0.3) is 11.2 Å². The van der Waals surface area contributed by atoms with Crippen LogP contribution in [0.2, 0.25) is 0 Å². The van der Waals surface area contributed by atoms with Crippen molar-refractivity contribution in [1.29, 1.82) is 0 Å². The lowest BCUT2D eigenvalue weighted by Gasteiger charge is -2.07. The van der Waals surface area contributed by atoms with E-state index in [9.17, 15) is 4.79 Å². The molecule has 3 rings (SSSR count). The summed E-state index contributed by atoms with van der Waals surface area (Å²) in [4.78, 5) is 23.2. The average Bonchev–Trinajstić information content (AvgIpc) is 2.73. The number of hydrogen-bond donors (Lipinski definition) is 2. The molecular weight excluding hydrogens is 216 g/mol. The smallest absolute Gasteiger partial charge is 0.253 e. The molecule has 5 nitrogen and oxygen atoms in total. The number of amides is 1. The van der Waals surface area contributed by atoms with Crippen LogP contribution in [-0.4, -0.2) is 26.9 Å². The quantitative estimate of drug-likeness (QED) is 0.821. The molecule has 0 aliphatic heterocycles. The van der Waals surface area contributed by atoms with Gasteiger partial charge in [0.05, 0.1) is 17.4 Å². The number of carbonyl (C=O) groups excluding carboxylic acids is 1. The Hall–Kier alpha value is -1.91. The Bertz CT molecular complexity index is 587. The monoisotopic (exact) mass is 230 g/mol. The van der Waals surface area contributed by atoms with Gasteiger partial charge in [0.15, 0.2) is 5.65 Å². The highest BCUT2D eigenvalue weighted by atomic mass is 16.1. The number of hydrogen-bond acceptors (Lipinski definition) is 3. The number of rotatable bonds is 2. The molecule has 17 heavy (non-hydrogen) atoms. The van der Waals surface area contributed by atoms with Gasteiger partial charge in [0.25, 0.3) is 5.91 Å².